The number of benzene rings is 1. The number of hydrogen-bond acceptors (Lipinski definition) is 6. The first-order chi connectivity index (χ1) is 11.0. The molecule has 120 valence electrons. The third-order valence-electron chi connectivity index (χ3n) is 3.33. The van der Waals surface area contributed by atoms with Crippen molar-refractivity contribution in [2.75, 3.05) is 5.32 Å². The van der Waals surface area contributed by atoms with Crippen LogP contribution >= 0.6 is 11.3 Å². The maximum absolute atomic E-state index is 12.1. The summed E-state index contributed by atoms with van der Waals surface area (Å²) in [5.74, 6) is -0.0930. The number of thiazole rings is 1. The summed E-state index contributed by atoms with van der Waals surface area (Å²) in [6, 6.07) is 5.69. The summed E-state index contributed by atoms with van der Waals surface area (Å²) in [5, 5.41) is 15.3. The maximum atomic E-state index is 12.1. The fourth-order valence-corrected chi connectivity index (χ4v) is 2.64. The van der Waals surface area contributed by atoms with Crippen LogP contribution in [0.15, 0.2) is 24.4 Å². The van der Waals surface area contributed by atoms with Gasteiger partial charge in [-0.2, -0.15) is 0 Å². The summed E-state index contributed by atoms with van der Waals surface area (Å²) in [7, 11) is 0. The van der Waals surface area contributed by atoms with Crippen LogP contribution in [0.3, 0.4) is 0 Å². The molecular formula is C15H15N3O4S. The molecule has 1 fully saturated rings. The molecule has 1 aliphatic rings. The van der Waals surface area contributed by atoms with E-state index in [9.17, 15) is 9.59 Å². The summed E-state index contributed by atoms with van der Waals surface area (Å²) >= 11 is 1.07. The molecule has 2 aromatic rings. The van der Waals surface area contributed by atoms with Gasteiger partial charge in [0.1, 0.15) is 0 Å². The van der Waals surface area contributed by atoms with Gasteiger partial charge in [0, 0.05) is 17.3 Å². The Morgan fingerprint density at radius 3 is 2.87 bits per heavy atom. The Labute approximate surface area is 136 Å². The Morgan fingerprint density at radius 1 is 1.39 bits per heavy atom. The third-order valence-corrected chi connectivity index (χ3v) is 4.12. The quantitative estimate of drug-likeness (QED) is 0.727. The monoisotopic (exact) mass is 333 g/mol. The molecule has 0 saturated heterocycles. The lowest BCUT2D eigenvalue weighted by Crippen LogP contribution is -2.25. The fourth-order valence-electron chi connectivity index (χ4n) is 1.96. The Hall–Kier alpha value is -2.61. The number of carbonyl (C=O) groups excluding carboxylic acids is 1. The van der Waals surface area contributed by atoms with Gasteiger partial charge in [-0.1, -0.05) is 17.4 Å². The van der Waals surface area contributed by atoms with Gasteiger partial charge in [0.2, 0.25) is 5.06 Å². The van der Waals surface area contributed by atoms with Crippen LogP contribution in [0.25, 0.3) is 0 Å². The molecule has 1 aliphatic carbocycles. The minimum atomic E-state index is -1.38. The Kier molecular flexibility index (Phi) is 4.16. The molecule has 1 aromatic heterocycles. The van der Waals surface area contributed by atoms with Crippen molar-refractivity contribution >= 4 is 34.2 Å². The van der Waals surface area contributed by atoms with Crippen molar-refractivity contribution in [3.63, 3.8) is 0 Å². The van der Waals surface area contributed by atoms with Crippen LogP contribution in [0.4, 0.5) is 15.6 Å². The number of rotatable bonds is 5. The molecule has 0 aliphatic heterocycles. The van der Waals surface area contributed by atoms with Crippen molar-refractivity contribution < 1.29 is 19.4 Å². The average Bonchev–Trinajstić information content (AvgIpc) is 3.20. The highest BCUT2D eigenvalue weighted by Gasteiger charge is 2.24. The second kappa shape index (κ2) is 6.25. The number of anilines is 2. The second-order valence-corrected chi connectivity index (χ2v) is 6.25. The number of nitrogens with one attached hydrogen (secondary N) is 2. The molecule has 1 amide bonds. The normalized spacial score (nSPS) is 13.4. The molecule has 0 radical (unpaired) electrons. The van der Waals surface area contributed by atoms with Gasteiger partial charge in [-0.25, -0.2) is 9.78 Å². The summed E-state index contributed by atoms with van der Waals surface area (Å²) in [4.78, 5) is 26.7. The van der Waals surface area contributed by atoms with Crippen LogP contribution in [-0.2, 0) is 0 Å². The molecule has 3 N–H and O–H groups in total. The van der Waals surface area contributed by atoms with Crippen LogP contribution in [0.2, 0.25) is 0 Å². The van der Waals surface area contributed by atoms with E-state index < -0.39 is 6.16 Å². The molecule has 7 nitrogen and oxygen atoms in total. The van der Waals surface area contributed by atoms with Crippen LogP contribution in [0.5, 0.6) is 5.06 Å². The van der Waals surface area contributed by atoms with E-state index in [1.165, 1.54) is 6.20 Å². The van der Waals surface area contributed by atoms with Crippen molar-refractivity contribution in [2.45, 2.75) is 25.8 Å². The van der Waals surface area contributed by atoms with E-state index in [1.54, 1.807) is 12.1 Å². The van der Waals surface area contributed by atoms with Gasteiger partial charge in [-0.3, -0.25) is 4.79 Å². The Bertz CT molecular complexity index is 755. The number of carbonyl (C=O) groups is 2. The second-order valence-electron chi connectivity index (χ2n) is 5.25. The number of nitrogens with zero attached hydrogens (tertiary/aromatic N) is 1. The molecule has 3 rings (SSSR count). The number of amides is 1. The molecule has 23 heavy (non-hydrogen) atoms. The van der Waals surface area contributed by atoms with Crippen molar-refractivity contribution in [1.29, 1.82) is 0 Å². The summed E-state index contributed by atoms with van der Waals surface area (Å²) < 4.78 is 4.54. The molecule has 0 bridgehead atoms. The maximum Gasteiger partial charge on any atom is 0.512 e. The highest BCUT2D eigenvalue weighted by Crippen LogP contribution is 2.30. The summed E-state index contributed by atoms with van der Waals surface area (Å²) in [5.41, 5.74) is 2.26. The smallest absolute Gasteiger partial charge is 0.449 e. The minimum absolute atomic E-state index is 0.0930. The highest BCUT2D eigenvalue weighted by atomic mass is 32.1. The van der Waals surface area contributed by atoms with E-state index in [0.717, 1.165) is 35.4 Å². The van der Waals surface area contributed by atoms with E-state index in [1.807, 2.05) is 13.0 Å². The zero-order valence-corrected chi connectivity index (χ0v) is 13.1. The fraction of sp³-hybridized carbons (Fsp3) is 0.267. The third kappa shape index (κ3) is 3.98. The lowest BCUT2D eigenvalue weighted by atomic mass is 10.1. The lowest BCUT2D eigenvalue weighted by molar-refractivity contribution is 0.0951. The first-order valence-corrected chi connectivity index (χ1v) is 7.88. The van der Waals surface area contributed by atoms with E-state index >= 15 is 0 Å². The van der Waals surface area contributed by atoms with Gasteiger partial charge in [-0.15, -0.1) is 0 Å². The number of carboxylic acid groups (broad SMARTS) is 1. The van der Waals surface area contributed by atoms with E-state index in [2.05, 4.69) is 20.4 Å². The van der Waals surface area contributed by atoms with Crippen molar-refractivity contribution in [3.05, 3.63) is 35.5 Å². The van der Waals surface area contributed by atoms with Crippen LogP contribution < -0.4 is 15.4 Å². The highest BCUT2D eigenvalue weighted by molar-refractivity contribution is 7.17. The number of hydrogen-bond donors (Lipinski definition) is 3. The first kappa shape index (κ1) is 15.3. The zero-order valence-electron chi connectivity index (χ0n) is 12.3. The van der Waals surface area contributed by atoms with Gasteiger partial charge in [0.05, 0.1) is 6.20 Å². The molecular weight excluding hydrogens is 318 g/mol. The first-order valence-electron chi connectivity index (χ1n) is 7.06. The molecule has 1 heterocycles. The minimum Gasteiger partial charge on any atom is -0.449 e. The SMILES string of the molecule is Cc1ccc(C(=O)NC2CC2)cc1Nc1ncc(OC(=O)O)s1. The largest absolute Gasteiger partial charge is 0.512 e. The molecule has 0 spiro atoms. The topological polar surface area (TPSA) is 101 Å². The summed E-state index contributed by atoms with van der Waals surface area (Å²) in [6.07, 6.45) is 2.03. The van der Waals surface area contributed by atoms with Crippen LogP contribution in [0.1, 0.15) is 28.8 Å². The predicted molar refractivity (Wildman–Crippen MR) is 85.7 cm³/mol. The average molecular weight is 333 g/mol. The van der Waals surface area contributed by atoms with E-state index in [0.29, 0.717) is 16.7 Å². The zero-order chi connectivity index (χ0) is 16.4. The summed E-state index contributed by atoms with van der Waals surface area (Å²) in [6.45, 7) is 1.91. The number of aromatic nitrogens is 1. The van der Waals surface area contributed by atoms with Crippen LogP contribution in [0, 0.1) is 6.92 Å². The van der Waals surface area contributed by atoms with Gasteiger partial charge >= 0.3 is 6.16 Å². The molecule has 0 atom stereocenters. The van der Waals surface area contributed by atoms with Crippen molar-refractivity contribution in [3.8, 4) is 5.06 Å². The molecule has 0 unspecified atom stereocenters. The van der Waals surface area contributed by atoms with Gasteiger partial charge in [-0.05, 0) is 37.5 Å². The predicted octanol–water partition coefficient (Wildman–Crippen LogP) is 3.14. The standard InChI is InChI=1S/C15H15N3O4S/c1-8-2-3-9(13(19)17-10-4-5-10)6-11(8)18-14-16-7-12(23-14)22-15(20)21/h2-3,6-7,10H,4-5H2,1H3,(H,16,18)(H,17,19)(H,20,21). The van der Waals surface area contributed by atoms with Gasteiger partial charge in [0.25, 0.3) is 5.91 Å². The lowest BCUT2D eigenvalue weighted by Gasteiger charge is -2.09. The number of ether oxygens (including phenoxy) is 1. The van der Waals surface area contributed by atoms with Crippen molar-refractivity contribution in [1.82, 2.24) is 10.3 Å². The van der Waals surface area contributed by atoms with Gasteiger partial charge in [0.15, 0.2) is 5.13 Å². The number of aryl methyl sites for hydroxylation is 1. The van der Waals surface area contributed by atoms with Crippen LogP contribution in [-0.4, -0.2) is 28.2 Å². The van der Waals surface area contributed by atoms with E-state index in [4.69, 9.17) is 5.11 Å². The molecule has 1 saturated carbocycles. The van der Waals surface area contributed by atoms with E-state index in [-0.39, 0.29) is 11.0 Å². The van der Waals surface area contributed by atoms with Crippen molar-refractivity contribution in [2.24, 2.45) is 0 Å². The Morgan fingerprint density at radius 2 is 2.17 bits per heavy atom. The molecule has 8 heteroatoms. The Balaban J connectivity index is 1.74. The van der Waals surface area contributed by atoms with Gasteiger partial charge < -0.3 is 20.5 Å². The molecule has 1 aromatic carbocycles.